The van der Waals surface area contributed by atoms with Crippen LogP contribution in [0.15, 0.2) is 35.2 Å². The summed E-state index contributed by atoms with van der Waals surface area (Å²) in [5.41, 5.74) is 0.967. The Morgan fingerprint density at radius 2 is 1.51 bits per heavy atom. The SMILES string of the molecule is COc1cc(OC)cc(N2CCN(C(=O)COCC3CCCCN3S(=O)(=O)c3c(Cl)cc(Cl)cc3Cl)CC2)c1. The van der Waals surface area contributed by atoms with Crippen molar-refractivity contribution in [3.8, 4) is 11.5 Å². The molecule has 214 valence electrons. The number of piperazine rings is 1. The third kappa shape index (κ3) is 7.04. The van der Waals surface area contributed by atoms with E-state index >= 15 is 0 Å². The third-order valence-electron chi connectivity index (χ3n) is 6.97. The molecule has 1 atom stereocenters. The Hall–Kier alpha value is -1.95. The number of methoxy groups -OCH3 is 2. The van der Waals surface area contributed by atoms with Crippen molar-refractivity contribution >= 4 is 56.4 Å². The summed E-state index contributed by atoms with van der Waals surface area (Å²) < 4.78 is 44.8. The van der Waals surface area contributed by atoms with Gasteiger partial charge in [-0.25, -0.2) is 8.42 Å². The molecule has 4 rings (SSSR count). The van der Waals surface area contributed by atoms with Gasteiger partial charge in [0.15, 0.2) is 0 Å². The largest absolute Gasteiger partial charge is 0.497 e. The molecular weight excluding hydrogens is 589 g/mol. The average Bonchev–Trinajstić information content (AvgIpc) is 2.92. The number of ether oxygens (including phenoxy) is 3. The maximum atomic E-state index is 13.5. The summed E-state index contributed by atoms with van der Waals surface area (Å²) in [5.74, 6) is 1.28. The van der Waals surface area contributed by atoms with Gasteiger partial charge in [-0.15, -0.1) is 0 Å². The lowest BCUT2D eigenvalue weighted by Crippen LogP contribution is -2.50. The molecule has 1 amide bonds. The Morgan fingerprint density at radius 1 is 0.897 bits per heavy atom. The molecule has 39 heavy (non-hydrogen) atoms. The second-order valence-corrected chi connectivity index (χ2v) is 12.5. The van der Waals surface area contributed by atoms with E-state index in [1.54, 1.807) is 19.1 Å². The van der Waals surface area contributed by atoms with Gasteiger partial charge < -0.3 is 24.0 Å². The molecule has 9 nitrogen and oxygen atoms in total. The van der Waals surface area contributed by atoms with Crippen LogP contribution in [0.3, 0.4) is 0 Å². The van der Waals surface area contributed by atoms with Gasteiger partial charge in [-0.05, 0) is 25.0 Å². The van der Waals surface area contributed by atoms with Crippen LogP contribution < -0.4 is 14.4 Å². The molecule has 0 radical (unpaired) electrons. The monoisotopic (exact) mass is 619 g/mol. The minimum atomic E-state index is -3.99. The predicted octanol–water partition coefficient (Wildman–Crippen LogP) is 4.57. The number of anilines is 1. The molecule has 13 heteroatoms. The quantitative estimate of drug-likeness (QED) is 0.406. The van der Waals surface area contributed by atoms with Crippen LogP contribution in [-0.2, 0) is 19.6 Å². The fourth-order valence-electron chi connectivity index (χ4n) is 4.91. The number of hydrogen-bond acceptors (Lipinski definition) is 7. The fourth-order valence-corrected chi connectivity index (χ4v) is 8.09. The Bertz CT molecular complexity index is 1240. The number of halogens is 3. The molecule has 2 aliphatic heterocycles. The van der Waals surface area contributed by atoms with Crippen molar-refractivity contribution < 1.29 is 27.4 Å². The maximum absolute atomic E-state index is 13.5. The molecule has 2 saturated heterocycles. The second kappa shape index (κ2) is 13.1. The normalized spacial score (nSPS) is 18.7. The van der Waals surface area contributed by atoms with Crippen LogP contribution in [0.5, 0.6) is 11.5 Å². The van der Waals surface area contributed by atoms with Crippen molar-refractivity contribution in [3.63, 3.8) is 0 Å². The zero-order valence-electron chi connectivity index (χ0n) is 21.9. The molecule has 2 aliphatic rings. The number of carbonyl (C=O) groups is 1. The van der Waals surface area contributed by atoms with Crippen molar-refractivity contribution in [1.29, 1.82) is 0 Å². The molecule has 0 saturated carbocycles. The zero-order chi connectivity index (χ0) is 28.2. The van der Waals surface area contributed by atoms with Gasteiger partial charge in [0, 0.05) is 67.7 Å². The number of amides is 1. The van der Waals surface area contributed by atoms with E-state index in [0.29, 0.717) is 57.1 Å². The van der Waals surface area contributed by atoms with Gasteiger partial charge in [0.25, 0.3) is 0 Å². The van der Waals surface area contributed by atoms with E-state index in [1.807, 2.05) is 18.2 Å². The first-order valence-electron chi connectivity index (χ1n) is 12.6. The summed E-state index contributed by atoms with van der Waals surface area (Å²) >= 11 is 18.4. The minimum Gasteiger partial charge on any atom is -0.497 e. The zero-order valence-corrected chi connectivity index (χ0v) is 25.0. The number of carbonyl (C=O) groups excluding carboxylic acids is 1. The van der Waals surface area contributed by atoms with Crippen LogP contribution in [0.4, 0.5) is 5.69 Å². The minimum absolute atomic E-state index is 0.0283. The van der Waals surface area contributed by atoms with Gasteiger partial charge >= 0.3 is 0 Å². The second-order valence-electron chi connectivity index (χ2n) is 9.42. The Kier molecular flexibility index (Phi) is 10.1. The molecule has 0 aliphatic carbocycles. The van der Waals surface area contributed by atoms with Gasteiger partial charge in [-0.2, -0.15) is 4.31 Å². The van der Waals surface area contributed by atoms with Crippen molar-refractivity contribution in [2.45, 2.75) is 30.2 Å². The summed E-state index contributed by atoms with van der Waals surface area (Å²) in [5, 5.41) is 0.198. The number of rotatable bonds is 9. The predicted molar refractivity (Wildman–Crippen MR) is 152 cm³/mol. The highest BCUT2D eigenvalue weighted by atomic mass is 35.5. The van der Waals surface area contributed by atoms with Gasteiger partial charge in [-0.3, -0.25) is 4.79 Å². The molecule has 2 heterocycles. The summed E-state index contributed by atoms with van der Waals surface area (Å²) in [6, 6.07) is 7.99. The lowest BCUT2D eigenvalue weighted by atomic mass is 10.1. The smallest absolute Gasteiger partial charge is 0.248 e. The lowest BCUT2D eigenvalue weighted by molar-refractivity contribution is -0.137. The molecule has 1 unspecified atom stereocenters. The number of sulfonamides is 1. The molecule has 2 aromatic rings. The summed E-state index contributed by atoms with van der Waals surface area (Å²) in [4.78, 5) is 16.6. The fraction of sp³-hybridized carbons (Fsp3) is 0.500. The topological polar surface area (TPSA) is 88.6 Å². The molecule has 2 fully saturated rings. The standard InChI is InChI=1S/C26H32Cl3N3O6S/c1-36-21-13-20(14-22(15-21)37-2)30-7-9-31(10-8-30)25(33)17-38-16-19-5-3-4-6-32(19)39(34,35)26-23(28)11-18(27)12-24(26)29/h11-15,19H,3-10,16-17H2,1-2H3. The first kappa shape index (κ1) is 30.0. The summed E-state index contributed by atoms with van der Waals surface area (Å²) in [6.45, 7) is 2.67. The van der Waals surface area contributed by atoms with E-state index in [1.165, 1.54) is 16.4 Å². The Balaban J connectivity index is 1.32. The van der Waals surface area contributed by atoms with E-state index in [0.717, 1.165) is 12.1 Å². The van der Waals surface area contributed by atoms with Crippen LogP contribution in [0, 0.1) is 0 Å². The summed E-state index contributed by atoms with van der Waals surface area (Å²) in [7, 11) is -0.771. The first-order chi connectivity index (χ1) is 18.6. The van der Waals surface area contributed by atoms with Crippen LogP contribution in [0.1, 0.15) is 19.3 Å². The Labute approximate surface area is 244 Å². The number of nitrogens with zero attached hydrogens (tertiary/aromatic N) is 3. The molecular formula is C26H32Cl3N3O6S. The summed E-state index contributed by atoms with van der Waals surface area (Å²) in [6.07, 6.45) is 2.17. The first-order valence-corrected chi connectivity index (χ1v) is 15.2. The van der Waals surface area contributed by atoms with Gasteiger partial charge in [0.2, 0.25) is 15.9 Å². The van der Waals surface area contributed by atoms with Crippen LogP contribution in [0.25, 0.3) is 0 Å². The molecule has 0 spiro atoms. The van der Waals surface area contributed by atoms with Crippen LogP contribution >= 0.6 is 34.8 Å². The van der Waals surface area contributed by atoms with Gasteiger partial charge in [-0.1, -0.05) is 41.2 Å². The maximum Gasteiger partial charge on any atom is 0.248 e. The highest BCUT2D eigenvalue weighted by molar-refractivity contribution is 7.89. The van der Waals surface area contributed by atoms with Crippen molar-refractivity contribution in [2.24, 2.45) is 0 Å². The number of hydrogen-bond donors (Lipinski definition) is 0. The number of benzene rings is 2. The average molecular weight is 621 g/mol. The Morgan fingerprint density at radius 3 is 2.10 bits per heavy atom. The van der Waals surface area contributed by atoms with Crippen LogP contribution in [0.2, 0.25) is 15.1 Å². The van der Waals surface area contributed by atoms with E-state index in [-0.39, 0.29) is 39.1 Å². The third-order valence-corrected chi connectivity index (χ3v) is 10.1. The van der Waals surface area contributed by atoms with E-state index in [2.05, 4.69) is 4.90 Å². The highest BCUT2D eigenvalue weighted by Gasteiger charge is 2.36. The van der Waals surface area contributed by atoms with E-state index in [4.69, 9.17) is 49.0 Å². The van der Waals surface area contributed by atoms with E-state index in [9.17, 15) is 13.2 Å². The van der Waals surface area contributed by atoms with Crippen molar-refractivity contribution in [1.82, 2.24) is 9.21 Å². The molecule has 0 bridgehead atoms. The molecule has 0 N–H and O–H groups in total. The van der Waals surface area contributed by atoms with Gasteiger partial charge in [0.1, 0.15) is 23.0 Å². The van der Waals surface area contributed by atoms with Crippen molar-refractivity contribution in [3.05, 3.63) is 45.4 Å². The molecule has 2 aromatic carbocycles. The van der Waals surface area contributed by atoms with Gasteiger partial charge in [0.05, 0.1) is 30.9 Å². The molecule has 0 aromatic heterocycles. The lowest BCUT2D eigenvalue weighted by Gasteiger charge is -2.37. The highest BCUT2D eigenvalue weighted by Crippen LogP contribution is 2.37. The number of piperidine rings is 1. The van der Waals surface area contributed by atoms with Crippen LogP contribution in [-0.4, -0.2) is 89.7 Å². The van der Waals surface area contributed by atoms with E-state index < -0.39 is 16.1 Å². The van der Waals surface area contributed by atoms with Crippen molar-refractivity contribution in [2.75, 3.05) is 65.1 Å².